The van der Waals surface area contributed by atoms with Crippen LogP contribution in [0.15, 0.2) is 29.4 Å². The van der Waals surface area contributed by atoms with Crippen molar-refractivity contribution in [3.05, 3.63) is 35.4 Å². The lowest BCUT2D eigenvalue weighted by Gasteiger charge is -2.08. The summed E-state index contributed by atoms with van der Waals surface area (Å²) in [4.78, 5) is 10.6. The van der Waals surface area contributed by atoms with Gasteiger partial charge in [-0.1, -0.05) is 45.0 Å². The average Bonchev–Trinajstić information content (AvgIpc) is 2.30. The molecule has 0 aliphatic rings. The van der Waals surface area contributed by atoms with Crippen LogP contribution in [-0.4, -0.2) is 11.7 Å². The zero-order chi connectivity index (χ0) is 12.8. The van der Waals surface area contributed by atoms with E-state index >= 15 is 0 Å². The molecule has 4 heteroatoms. The zero-order valence-electron chi connectivity index (χ0n) is 10.5. The minimum Gasteiger partial charge on any atom is -0.350 e. The van der Waals surface area contributed by atoms with Crippen LogP contribution in [0.25, 0.3) is 0 Å². The smallest absolute Gasteiger partial charge is 0.332 e. The van der Waals surface area contributed by atoms with Crippen LogP contribution in [0.3, 0.4) is 0 Å². The lowest BCUT2D eigenvalue weighted by molar-refractivity contribution is 0.249. The first kappa shape index (κ1) is 13.2. The Hall–Kier alpha value is -1.84. The molecule has 17 heavy (non-hydrogen) atoms. The fraction of sp³-hybridized carbons (Fsp3) is 0.385. The summed E-state index contributed by atoms with van der Waals surface area (Å²) >= 11 is 0. The van der Waals surface area contributed by atoms with Crippen molar-refractivity contribution in [2.45, 2.75) is 33.1 Å². The maximum absolute atomic E-state index is 10.6. The molecule has 1 aromatic carbocycles. The number of amides is 2. The van der Waals surface area contributed by atoms with Crippen LogP contribution < -0.4 is 11.2 Å². The van der Waals surface area contributed by atoms with E-state index in [-0.39, 0.29) is 0 Å². The number of urea groups is 1. The van der Waals surface area contributed by atoms with Gasteiger partial charge in [-0.25, -0.2) is 10.2 Å². The summed E-state index contributed by atoms with van der Waals surface area (Å²) in [5.41, 5.74) is 10.3. The maximum Gasteiger partial charge on any atom is 0.332 e. The molecule has 0 unspecified atom stereocenters. The number of benzene rings is 1. The van der Waals surface area contributed by atoms with E-state index in [2.05, 4.69) is 36.5 Å². The Morgan fingerprint density at radius 3 is 2.35 bits per heavy atom. The number of hydrazone groups is 1. The van der Waals surface area contributed by atoms with E-state index in [9.17, 15) is 4.79 Å². The summed E-state index contributed by atoms with van der Waals surface area (Å²) in [7, 11) is 0. The molecule has 2 amide bonds. The van der Waals surface area contributed by atoms with Gasteiger partial charge in [-0.2, -0.15) is 5.10 Å². The Bertz CT molecular complexity index is 407. The van der Waals surface area contributed by atoms with Gasteiger partial charge >= 0.3 is 6.03 Å². The van der Waals surface area contributed by atoms with Crippen molar-refractivity contribution in [1.29, 1.82) is 0 Å². The summed E-state index contributed by atoms with van der Waals surface area (Å²) in [6.45, 7) is 6.29. The molecule has 0 atom stereocenters. The van der Waals surface area contributed by atoms with E-state index in [0.29, 0.717) is 5.92 Å². The highest BCUT2D eigenvalue weighted by Gasteiger charge is 2.03. The fourth-order valence-electron chi connectivity index (χ4n) is 1.53. The normalized spacial score (nSPS) is 11.6. The SMILES string of the molecule is CCC(=NNC(N)=O)c1ccc(C(C)C)cc1. The number of nitrogens with two attached hydrogens (primary N) is 1. The molecule has 4 nitrogen and oxygen atoms in total. The van der Waals surface area contributed by atoms with Gasteiger partial charge in [0, 0.05) is 0 Å². The second kappa shape index (κ2) is 6.03. The van der Waals surface area contributed by atoms with Crippen molar-refractivity contribution in [3.8, 4) is 0 Å². The molecule has 0 spiro atoms. The van der Waals surface area contributed by atoms with Crippen LogP contribution >= 0.6 is 0 Å². The fourth-order valence-corrected chi connectivity index (χ4v) is 1.53. The first-order valence-electron chi connectivity index (χ1n) is 5.77. The Labute approximate surface area is 102 Å². The number of hydrogen-bond acceptors (Lipinski definition) is 2. The van der Waals surface area contributed by atoms with Gasteiger partial charge in [0.2, 0.25) is 0 Å². The van der Waals surface area contributed by atoms with Crippen molar-refractivity contribution in [3.63, 3.8) is 0 Å². The summed E-state index contributed by atoms with van der Waals surface area (Å²) < 4.78 is 0. The largest absolute Gasteiger partial charge is 0.350 e. The number of primary amides is 1. The van der Waals surface area contributed by atoms with Crippen molar-refractivity contribution in [2.75, 3.05) is 0 Å². The molecule has 3 N–H and O–H groups in total. The third-order valence-electron chi connectivity index (χ3n) is 2.55. The van der Waals surface area contributed by atoms with Crippen LogP contribution in [-0.2, 0) is 0 Å². The van der Waals surface area contributed by atoms with Gasteiger partial charge in [0.05, 0.1) is 5.71 Å². The number of hydrogen-bond donors (Lipinski definition) is 2. The molecule has 0 heterocycles. The molecule has 0 saturated carbocycles. The van der Waals surface area contributed by atoms with Crippen LogP contribution in [0.1, 0.15) is 44.2 Å². The van der Waals surface area contributed by atoms with E-state index in [1.165, 1.54) is 5.56 Å². The van der Waals surface area contributed by atoms with E-state index in [1.807, 2.05) is 19.1 Å². The highest BCUT2D eigenvalue weighted by Crippen LogP contribution is 2.15. The number of carbonyl (C=O) groups is 1. The standard InChI is InChI=1S/C13H19N3O/c1-4-12(15-16-13(14)17)11-7-5-10(6-8-11)9(2)3/h5-9H,4H2,1-3H3,(H3,14,16,17). The summed E-state index contributed by atoms with van der Waals surface area (Å²) in [6.07, 6.45) is 0.737. The summed E-state index contributed by atoms with van der Waals surface area (Å²) in [5, 5.41) is 3.98. The first-order chi connectivity index (χ1) is 8.04. The zero-order valence-corrected chi connectivity index (χ0v) is 10.5. The van der Waals surface area contributed by atoms with Crippen LogP contribution in [0.2, 0.25) is 0 Å². The number of nitrogens with zero attached hydrogens (tertiary/aromatic N) is 1. The molecule has 0 aliphatic heterocycles. The molecule has 1 aromatic rings. The number of carbonyl (C=O) groups excluding carboxylic acids is 1. The predicted molar refractivity (Wildman–Crippen MR) is 70.1 cm³/mol. The molecule has 0 bridgehead atoms. The third kappa shape index (κ3) is 3.90. The van der Waals surface area contributed by atoms with Gasteiger partial charge in [-0.05, 0) is 23.5 Å². The second-order valence-corrected chi connectivity index (χ2v) is 4.16. The quantitative estimate of drug-likeness (QED) is 0.609. The minimum absolute atomic E-state index is 0.509. The van der Waals surface area contributed by atoms with Crippen molar-refractivity contribution >= 4 is 11.7 Å². The Balaban J connectivity index is 2.89. The van der Waals surface area contributed by atoms with E-state index < -0.39 is 6.03 Å². The van der Waals surface area contributed by atoms with Gasteiger partial charge in [0.1, 0.15) is 0 Å². The maximum atomic E-state index is 10.6. The average molecular weight is 233 g/mol. The summed E-state index contributed by atoms with van der Waals surface area (Å²) in [6, 6.07) is 7.54. The third-order valence-corrected chi connectivity index (χ3v) is 2.55. The number of rotatable bonds is 4. The molecule has 0 aliphatic carbocycles. The Morgan fingerprint density at radius 2 is 1.94 bits per heavy atom. The predicted octanol–water partition coefficient (Wildman–Crippen LogP) is 2.59. The van der Waals surface area contributed by atoms with E-state index in [0.717, 1.165) is 17.7 Å². The molecule has 0 aromatic heterocycles. The molecular formula is C13H19N3O. The van der Waals surface area contributed by atoms with Crippen LogP contribution in [0, 0.1) is 0 Å². The highest BCUT2D eigenvalue weighted by molar-refractivity contribution is 6.00. The Kier molecular flexibility index (Phi) is 4.69. The van der Waals surface area contributed by atoms with Crippen LogP contribution in [0.4, 0.5) is 4.79 Å². The molecule has 0 saturated heterocycles. The van der Waals surface area contributed by atoms with Gasteiger partial charge in [-0.3, -0.25) is 0 Å². The van der Waals surface area contributed by atoms with Gasteiger partial charge < -0.3 is 5.73 Å². The molecule has 1 rings (SSSR count). The minimum atomic E-state index is -0.644. The molecule has 92 valence electrons. The van der Waals surface area contributed by atoms with Gasteiger partial charge in [0.25, 0.3) is 0 Å². The van der Waals surface area contributed by atoms with Gasteiger partial charge in [-0.15, -0.1) is 0 Å². The van der Waals surface area contributed by atoms with Crippen molar-refractivity contribution in [1.82, 2.24) is 5.43 Å². The van der Waals surface area contributed by atoms with Gasteiger partial charge in [0.15, 0.2) is 0 Å². The lowest BCUT2D eigenvalue weighted by Crippen LogP contribution is -2.25. The topological polar surface area (TPSA) is 67.5 Å². The monoisotopic (exact) mass is 233 g/mol. The van der Waals surface area contributed by atoms with E-state index in [4.69, 9.17) is 5.73 Å². The lowest BCUT2D eigenvalue weighted by atomic mass is 10.00. The summed E-state index contributed by atoms with van der Waals surface area (Å²) in [5.74, 6) is 0.509. The molecule has 0 fully saturated rings. The van der Waals surface area contributed by atoms with Crippen LogP contribution in [0.5, 0.6) is 0 Å². The van der Waals surface area contributed by atoms with E-state index in [1.54, 1.807) is 0 Å². The molecular weight excluding hydrogens is 214 g/mol. The van der Waals surface area contributed by atoms with Crippen molar-refractivity contribution in [2.24, 2.45) is 10.8 Å². The molecule has 0 radical (unpaired) electrons. The van der Waals surface area contributed by atoms with Crippen molar-refractivity contribution < 1.29 is 4.79 Å². The first-order valence-corrected chi connectivity index (χ1v) is 5.77. The Morgan fingerprint density at radius 1 is 1.35 bits per heavy atom. The highest BCUT2D eigenvalue weighted by atomic mass is 16.2. The second-order valence-electron chi connectivity index (χ2n) is 4.16. The number of nitrogens with one attached hydrogen (secondary N) is 1.